The smallest absolute Gasteiger partial charge is 0.0631 e. The molecule has 0 amide bonds. The molecule has 84 valence electrons. The van der Waals surface area contributed by atoms with Gasteiger partial charge in [-0.2, -0.15) is 0 Å². The summed E-state index contributed by atoms with van der Waals surface area (Å²) in [6, 6.07) is 0. The molecule has 0 aromatic rings. The van der Waals surface area contributed by atoms with Gasteiger partial charge in [-0.05, 0) is 38.5 Å². The first-order chi connectivity index (χ1) is 6.41. The summed E-state index contributed by atoms with van der Waals surface area (Å²) in [6.07, 6.45) is 4.00. The topological polar surface area (TPSA) is 9.23 Å². The van der Waals surface area contributed by atoms with Crippen molar-refractivity contribution in [2.45, 2.75) is 51.7 Å². The minimum atomic E-state index is 0.101. The van der Waals surface area contributed by atoms with Crippen LogP contribution in [0.4, 0.5) is 0 Å². The highest BCUT2D eigenvalue weighted by Crippen LogP contribution is 2.37. The molecule has 14 heavy (non-hydrogen) atoms. The molecule has 0 radical (unpaired) electrons. The molecule has 1 saturated heterocycles. The van der Waals surface area contributed by atoms with Crippen molar-refractivity contribution in [1.82, 2.24) is 0 Å². The molecule has 1 unspecified atom stereocenters. The van der Waals surface area contributed by atoms with Crippen LogP contribution >= 0.6 is 31.9 Å². The van der Waals surface area contributed by atoms with Gasteiger partial charge in [0, 0.05) is 10.7 Å². The molecule has 1 fully saturated rings. The number of alkyl halides is 2. The molecule has 1 atom stereocenters. The molecule has 1 aliphatic rings. The zero-order chi connectivity index (χ0) is 10.8. The van der Waals surface area contributed by atoms with E-state index in [1.54, 1.807) is 0 Å². The second-order valence-corrected chi connectivity index (χ2v) is 6.44. The van der Waals surface area contributed by atoms with Crippen molar-refractivity contribution in [2.75, 3.05) is 10.7 Å². The quantitative estimate of drug-likeness (QED) is 0.705. The van der Waals surface area contributed by atoms with Gasteiger partial charge in [0.1, 0.15) is 0 Å². The Labute approximate surface area is 104 Å². The Morgan fingerprint density at radius 3 is 2.29 bits per heavy atom. The monoisotopic (exact) mass is 326 g/mol. The first-order valence-electron chi connectivity index (χ1n) is 5.21. The molecule has 0 spiro atoms. The van der Waals surface area contributed by atoms with E-state index in [-0.39, 0.29) is 5.60 Å². The van der Waals surface area contributed by atoms with Crippen LogP contribution in [0.3, 0.4) is 0 Å². The minimum Gasteiger partial charge on any atom is -0.372 e. The second kappa shape index (κ2) is 4.84. The molecule has 1 nitrogen and oxygen atoms in total. The van der Waals surface area contributed by atoms with Crippen molar-refractivity contribution in [3.63, 3.8) is 0 Å². The summed E-state index contributed by atoms with van der Waals surface area (Å²) in [5.74, 6) is 0. The predicted molar refractivity (Wildman–Crippen MR) is 68.5 cm³/mol. The second-order valence-electron chi connectivity index (χ2n) is 5.32. The van der Waals surface area contributed by atoms with E-state index in [4.69, 9.17) is 4.74 Å². The highest BCUT2D eigenvalue weighted by atomic mass is 79.9. The van der Waals surface area contributed by atoms with Crippen LogP contribution in [0.2, 0.25) is 0 Å². The number of ether oxygens (including phenoxy) is 1. The van der Waals surface area contributed by atoms with Crippen LogP contribution in [-0.4, -0.2) is 22.4 Å². The lowest BCUT2D eigenvalue weighted by Crippen LogP contribution is -2.28. The third-order valence-electron chi connectivity index (χ3n) is 2.92. The molecule has 0 N–H and O–H groups in total. The summed E-state index contributed by atoms with van der Waals surface area (Å²) >= 11 is 7.16. The van der Waals surface area contributed by atoms with Crippen LogP contribution in [0.15, 0.2) is 0 Å². The first kappa shape index (κ1) is 13.0. The largest absolute Gasteiger partial charge is 0.372 e. The fourth-order valence-corrected chi connectivity index (χ4v) is 3.30. The molecular weight excluding hydrogens is 308 g/mol. The van der Waals surface area contributed by atoms with Gasteiger partial charge in [-0.15, -0.1) is 0 Å². The Balaban J connectivity index is 2.46. The highest BCUT2D eigenvalue weighted by Gasteiger charge is 2.35. The van der Waals surface area contributed by atoms with Crippen molar-refractivity contribution in [3.8, 4) is 0 Å². The van der Waals surface area contributed by atoms with Gasteiger partial charge < -0.3 is 4.74 Å². The maximum Gasteiger partial charge on any atom is 0.0631 e. The lowest BCUT2D eigenvalue weighted by molar-refractivity contribution is -0.0290. The third-order valence-corrected chi connectivity index (χ3v) is 5.63. The SMILES string of the molecule is CC(CBr)(CBr)CC1CCC(C)(C)O1. The summed E-state index contributed by atoms with van der Waals surface area (Å²) in [5, 5.41) is 2.07. The minimum absolute atomic E-state index is 0.101. The van der Waals surface area contributed by atoms with Crippen LogP contribution in [0.5, 0.6) is 0 Å². The molecule has 0 aliphatic carbocycles. The molecule has 1 heterocycles. The normalized spacial score (nSPS) is 26.8. The molecular formula is C11H20Br2O. The van der Waals surface area contributed by atoms with Crippen molar-refractivity contribution in [3.05, 3.63) is 0 Å². The van der Waals surface area contributed by atoms with Crippen molar-refractivity contribution in [1.29, 1.82) is 0 Å². The van der Waals surface area contributed by atoms with Gasteiger partial charge in [0.2, 0.25) is 0 Å². The zero-order valence-corrected chi connectivity index (χ0v) is 12.4. The number of hydrogen-bond donors (Lipinski definition) is 0. The van der Waals surface area contributed by atoms with Gasteiger partial charge in [-0.1, -0.05) is 38.8 Å². The average molecular weight is 328 g/mol. The van der Waals surface area contributed by atoms with E-state index < -0.39 is 0 Å². The number of halogens is 2. The van der Waals surface area contributed by atoms with Crippen LogP contribution in [-0.2, 0) is 4.74 Å². The Kier molecular flexibility index (Phi) is 4.49. The van der Waals surface area contributed by atoms with Crippen molar-refractivity contribution in [2.24, 2.45) is 5.41 Å². The highest BCUT2D eigenvalue weighted by molar-refractivity contribution is 9.09. The Morgan fingerprint density at radius 2 is 1.93 bits per heavy atom. The van der Waals surface area contributed by atoms with Crippen LogP contribution in [0.1, 0.15) is 40.0 Å². The standard InChI is InChI=1S/C11H20Br2O/c1-10(2)5-4-9(14-10)6-11(3,7-12)8-13/h9H,4-8H2,1-3H3. The number of rotatable bonds is 4. The molecule has 0 aromatic heterocycles. The first-order valence-corrected chi connectivity index (χ1v) is 7.45. The van der Waals surface area contributed by atoms with Gasteiger partial charge in [-0.3, -0.25) is 0 Å². The van der Waals surface area contributed by atoms with E-state index in [0.717, 1.165) is 17.1 Å². The fourth-order valence-electron chi connectivity index (χ4n) is 1.92. The Bertz CT molecular complexity index is 188. The van der Waals surface area contributed by atoms with Gasteiger partial charge in [-0.25, -0.2) is 0 Å². The van der Waals surface area contributed by atoms with Gasteiger partial charge >= 0.3 is 0 Å². The molecule has 0 aromatic carbocycles. The maximum atomic E-state index is 6.01. The van der Waals surface area contributed by atoms with E-state index in [0.29, 0.717) is 11.5 Å². The third kappa shape index (κ3) is 3.49. The van der Waals surface area contributed by atoms with E-state index in [1.165, 1.54) is 12.8 Å². The zero-order valence-electron chi connectivity index (χ0n) is 9.28. The average Bonchev–Trinajstić information content (AvgIpc) is 2.45. The Morgan fingerprint density at radius 1 is 1.36 bits per heavy atom. The molecule has 3 heteroatoms. The summed E-state index contributed by atoms with van der Waals surface area (Å²) in [7, 11) is 0. The summed E-state index contributed by atoms with van der Waals surface area (Å²) in [5.41, 5.74) is 0.426. The van der Waals surface area contributed by atoms with Crippen LogP contribution < -0.4 is 0 Å². The van der Waals surface area contributed by atoms with E-state index >= 15 is 0 Å². The van der Waals surface area contributed by atoms with Crippen molar-refractivity contribution < 1.29 is 4.74 Å². The molecule has 1 aliphatic heterocycles. The van der Waals surface area contributed by atoms with Gasteiger partial charge in [0.15, 0.2) is 0 Å². The molecule has 0 bridgehead atoms. The van der Waals surface area contributed by atoms with Crippen LogP contribution in [0, 0.1) is 5.41 Å². The van der Waals surface area contributed by atoms with E-state index in [1.807, 2.05) is 0 Å². The maximum absolute atomic E-state index is 6.01. The molecule has 0 saturated carbocycles. The van der Waals surface area contributed by atoms with Gasteiger partial charge in [0.05, 0.1) is 11.7 Å². The lowest BCUT2D eigenvalue weighted by atomic mass is 9.88. The molecule has 1 rings (SSSR count). The lowest BCUT2D eigenvalue weighted by Gasteiger charge is -2.29. The van der Waals surface area contributed by atoms with Crippen molar-refractivity contribution >= 4 is 31.9 Å². The van der Waals surface area contributed by atoms with E-state index in [2.05, 4.69) is 52.6 Å². The summed E-state index contributed by atoms with van der Waals surface area (Å²) < 4.78 is 6.01. The fraction of sp³-hybridized carbons (Fsp3) is 1.00. The summed E-state index contributed by atoms with van der Waals surface area (Å²) in [4.78, 5) is 0. The Hall–Kier alpha value is 0.920. The van der Waals surface area contributed by atoms with E-state index in [9.17, 15) is 0 Å². The van der Waals surface area contributed by atoms with Crippen LogP contribution in [0.25, 0.3) is 0 Å². The van der Waals surface area contributed by atoms with Gasteiger partial charge in [0.25, 0.3) is 0 Å². The predicted octanol–water partition coefficient (Wildman–Crippen LogP) is 4.13. The number of hydrogen-bond acceptors (Lipinski definition) is 1. The summed E-state index contributed by atoms with van der Waals surface area (Å²) in [6.45, 7) is 6.67.